The van der Waals surface area contributed by atoms with Gasteiger partial charge in [0.25, 0.3) is 10.1 Å². The van der Waals surface area contributed by atoms with Crippen molar-refractivity contribution in [3.8, 4) is 5.75 Å². The van der Waals surface area contributed by atoms with Crippen LogP contribution in [-0.2, 0) is 16.5 Å². The Bertz CT molecular complexity index is 1120. The van der Waals surface area contributed by atoms with Gasteiger partial charge in [0.2, 0.25) is 0 Å². The van der Waals surface area contributed by atoms with E-state index in [-0.39, 0.29) is 22.1 Å². The maximum atomic E-state index is 11.8. The number of aromatic hydroxyl groups is 1. The Morgan fingerprint density at radius 1 is 1.00 bits per heavy atom. The summed E-state index contributed by atoms with van der Waals surface area (Å²) in [7, 11) is -4.44. The van der Waals surface area contributed by atoms with E-state index in [1.165, 1.54) is 30.3 Å². The lowest BCUT2D eigenvalue weighted by Gasteiger charge is -2.15. The summed E-state index contributed by atoms with van der Waals surface area (Å²) in [4.78, 5) is 10.8. The normalized spacial score (nSPS) is 12.8. The molecule has 0 saturated heterocycles. The van der Waals surface area contributed by atoms with Crippen molar-refractivity contribution in [1.29, 1.82) is 0 Å². The van der Waals surface area contributed by atoms with Gasteiger partial charge in [0.15, 0.2) is 0 Å². The number of benzene rings is 3. The maximum Gasteiger partial charge on any atom is 0.335 e. The van der Waals surface area contributed by atoms with Crippen LogP contribution in [0.5, 0.6) is 5.75 Å². The fraction of sp³-hybridized carbons (Fsp3) is 0.150. The summed E-state index contributed by atoms with van der Waals surface area (Å²) < 4.78 is 33.3. The molecule has 27 heavy (non-hydrogen) atoms. The lowest BCUT2D eigenvalue weighted by Crippen LogP contribution is -2.07. The highest BCUT2D eigenvalue weighted by Gasteiger charge is 2.19. The zero-order chi connectivity index (χ0) is 19.8. The molecule has 3 aromatic rings. The summed E-state index contributed by atoms with van der Waals surface area (Å²) >= 11 is 0. The molecule has 0 aliphatic rings. The fourth-order valence-corrected chi connectivity index (χ4v) is 3.86. The molecule has 1 unspecified atom stereocenters. The van der Waals surface area contributed by atoms with Crippen LogP contribution in [0.3, 0.4) is 0 Å². The molecule has 0 radical (unpaired) electrons. The minimum Gasteiger partial charge on any atom is -0.508 e. The van der Waals surface area contributed by atoms with Gasteiger partial charge < -0.3 is 10.2 Å². The smallest absolute Gasteiger partial charge is 0.335 e. The van der Waals surface area contributed by atoms with E-state index in [1.807, 2.05) is 6.92 Å². The molecule has 0 aliphatic carbocycles. The average Bonchev–Trinajstić information content (AvgIpc) is 2.60. The van der Waals surface area contributed by atoms with Crippen LogP contribution in [0, 0.1) is 0 Å². The van der Waals surface area contributed by atoms with E-state index >= 15 is 0 Å². The third-order valence-corrected chi connectivity index (χ3v) is 5.47. The molecule has 0 heterocycles. The molecule has 7 heteroatoms. The van der Waals surface area contributed by atoms with Crippen molar-refractivity contribution in [3.63, 3.8) is 0 Å². The van der Waals surface area contributed by atoms with E-state index in [0.717, 1.165) is 10.9 Å². The Morgan fingerprint density at radius 2 is 1.67 bits per heavy atom. The molecule has 140 valence electrons. The number of aromatic carboxylic acids is 1. The molecular weight excluding hydrogens is 368 g/mol. The van der Waals surface area contributed by atoms with Crippen molar-refractivity contribution in [2.45, 2.75) is 24.2 Å². The summed E-state index contributed by atoms with van der Waals surface area (Å²) in [5.41, 5.74) is 1.48. The molecule has 3 rings (SSSR count). The lowest BCUT2D eigenvalue weighted by molar-refractivity contribution is 0.0697. The van der Waals surface area contributed by atoms with Crippen LogP contribution >= 0.6 is 0 Å². The van der Waals surface area contributed by atoms with Crippen LogP contribution in [0.15, 0.2) is 59.5 Å². The molecule has 0 fully saturated rings. The lowest BCUT2D eigenvalue weighted by atomic mass is 9.92. The highest BCUT2D eigenvalue weighted by molar-refractivity contribution is 7.85. The number of fused-ring (bicyclic) bond motifs is 1. The molecule has 0 amide bonds. The first-order chi connectivity index (χ1) is 12.6. The summed E-state index contributed by atoms with van der Waals surface area (Å²) in [6.07, 6.45) is 0.332. The van der Waals surface area contributed by atoms with Gasteiger partial charge in [0, 0.05) is 0 Å². The Balaban J connectivity index is 2.02. The maximum absolute atomic E-state index is 11.8. The van der Waals surface area contributed by atoms with Gasteiger partial charge in [-0.15, -0.1) is 0 Å². The predicted molar refractivity (Wildman–Crippen MR) is 101 cm³/mol. The molecular formula is C20H18O6S. The van der Waals surface area contributed by atoms with Crippen LogP contribution in [0.25, 0.3) is 10.8 Å². The van der Waals surface area contributed by atoms with Gasteiger partial charge in [0.05, 0.1) is 10.5 Å². The zero-order valence-electron chi connectivity index (χ0n) is 14.5. The highest BCUT2D eigenvalue weighted by atomic mass is 32.2. The van der Waals surface area contributed by atoms with Crippen LogP contribution in [0.1, 0.15) is 34.3 Å². The summed E-state index contributed by atoms with van der Waals surface area (Å²) in [5, 5.41) is 19.8. The third kappa shape index (κ3) is 4.10. The third-order valence-electron chi connectivity index (χ3n) is 4.53. The number of rotatable bonds is 5. The number of phenols is 1. The van der Waals surface area contributed by atoms with E-state index in [1.54, 1.807) is 24.3 Å². The van der Waals surface area contributed by atoms with Crippen molar-refractivity contribution < 1.29 is 28.0 Å². The van der Waals surface area contributed by atoms with Crippen molar-refractivity contribution in [1.82, 2.24) is 0 Å². The number of phenolic OH excluding ortho intramolecular Hbond substituents is 1. The van der Waals surface area contributed by atoms with Crippen molar-refractivity contribution >= 4 is 26.9 Å². The number of carboxylic acids is 1. The zero-order valence-corrected chi connectivity index (χ0v) is 15.3. The number of carboxylic acid groups (broad SMARTS) is 1. The Kier molecular flexibility index (Phi) is 4.91. The summed E-state index contributed by atoms with van der Waals surface area (Å²) in [5.74, 6) is -1.12. The second-order valence-corrected chi connectivity index (χ2v) is 7.89. The van der Waals surface area contributed by atoms with Gasteiger partial charge in [-0.25, -0.2) is 4.79 Å². The number of hydrogen-bond donors (Lipinski definition) is 3. The van der Waals surface area contributed by atoms with Gasteiger partial charge in [-0.05, 0) is 70.6 Å². The average molecular weight is 386 g/mol. The fourth-order valence-electron chi connectivity index (χ4n) is 3.11. The highest BCUT2D eigenvalue weighted by Crippen LogP contribution is 2.30. The monoisotopic (exact) mass is 386 g/mol. The second-order valence-electron chi connectivity index (χ2n) is 6.50. The standard InChI is InChI=1S/C20H18O6S/c1-12(13-2-4-14(5-3-13)20(22)23)8-17-9-15-6-7-18(21)10-16(15)11-19(17)27(24,25)26/h2-7,9-12,21H,8H2,1H3,(H,22,23)(H,24,25,26). The van der Waals surface area contributed by atoms with Gasteiger partial charge >= 0.3 is 5.97 Å². The largest absolute Gasteiger partial charge is 0.508 e. The SMILES string of the molecule is CC(Cc1cc2ccc(O)cc2cc1S(=O)(=O)O)c1ccc(C(=O)O)cc1. The van der Waals surface area contributed by atoms with Gasteiger partial charge in [-0.3, -0.25) is 4.55 Å². The Labute approximate surface area is 156 Å². The molecule has 0 saturated carbocycles. The van der Waals surface area contributed by atoms with E-state index < -0.39 is 16.1 Å². The van der Waals surface area contributed by atoms with Crippen LogP contribution in [-0.4, -0.2) is 29.2 Å². The number of hydrogen-bond acceptors (Lipinski definition) is 4. The molecule has 0 aromatic heterocycles. The van der Waals surface area contributed by atoms with Crippen molar-refractivity contribution in [3.05, 3.63) is 71.3 Å². The van der Waals surface area contributed by atoms with E-state index in [9.17, 15) is 22.9 Å². The van der Waals surface area contributed by atoms with E-state index in [4.69, 9.17) is 5.11 Å². The van der Waals surface area contributed by atoms with Gasteiger partial charge in [-0.1, -0.05) is 25.1 Å². The summed E-state index contributed by atoms with van der Waals surface area (Å²) in [6, 6.07) is 14.0. The van der Waals surface area contributed by atoms with Gasteiger partial charge in [-0.2, -0.15) is 8.42 Å². The van der Waals surface area contributed by atoms with Crippen LogP contribution in [0.2, 0.25) is 0 Å². The topological polar surface area (TPSA) is 112 Å². The minimum absolute atomic E-state index is 0.00317. The Hall–Kier alpha value is -2.90. The quantitative estimate of drug-likeness (QED) is 0.575. The first kappa shape index (κ1) is 18.9. The predicted octanol–water partition coefficient (Wildman–Crippen LogP) is 3.84. The molecule has 3 aromatic carbocycles. The van der Waals surface area contributed by atoms with Crippen molar-refractivity contribution in [2.24, 2.45) is 0 Å². The van der Waals surface area contributed by atoms with E-state index in [0.29, 0.717) is 17.4 Å². The van der Waals surface area contributed by atoms with Crippen LogP contribution < -0.4 is 0 Å². The second kappa shape index (κ2) is 7.02. The molecule has 6 nitrogen and oxygen atoms in total. The van der Waals surface area contributed by atoms with Crippen molar-refractivity contribution in [2.75, 3.05) is 0 Å². The van der Waals surface area contributed by atoms with Gasteiger partial charge in [0.1, 0.15) is 5.75 Å². The molecule has 3 N–H and O–H groups in total. The number of carbonyl (C=O) groups is 1. The van der Waals surface area contributed by atoms with E-state index in [2.05, 4.69) is 0 Å². The summed E-state index contributed by atoms with van der Waals surface area (Å²) in [6.45, 7) is 1.89. The molecule has 1 atom stereocenters. The molecule has 0 spiro atoms. The Morgan fingerprint density at radius 3 is 2.26 bits per heavy atom. The molecule has 0 aliphatic heterocycles. The van der Waals surface area contributed by atoms with Crippen LogP contribution in [0.4, 0.5) is 0 Å². The first-order valence-corrected chi connectivity index (χ1v) is 9.65. The molecule has 0 bridgehead atoms. The minimum atomic E-state index is -4.44. The first-order valence-electron chi connectivity index (χ1n) is 8.21.